The standard InChI is InChI=1S/C13H22/c1-9(2)11(5)12(6)13(7,8)10(3)4/h1,3H2,2,4-8H3. The Bertz CT molecular complexity index is 262. The van der Waals surface area contributed by atoms with Crippen molar-refractivity contribution in [2.24, 2.45) is 5.41 Å². The Balaban J connectivity index is 5.20. The molecule has 0 atom stereocenters. The molecule has 0 spiro atoms. The Kier molecular flexibility index (Phi) is 3.71. The molecule has 0 radical (unpaired) electrons. The fourth-order valence-corrected chi connectivity index (χ4v) is 1.11. The van der Waals surface area contributed by atoms with E-state index in [-0.39, 0.29) is 5.41 Å². The average molecular weight is 178 g/mol. The summed E-state index contributed by atoms with van der Waals surface area (Å²) in [7, 11) is 0. The minimum Gasteiger partial charge on any atom is -0.0993 e. The Labute approximate surface area is 83.0 Å². The first-order valence-electron chi connectivity index (χ1n) is 4.71. The van der Waals surface area contributed by atoms with Crippen molar-refractivity contribution in [1.82, 2.24) is 0 Å². The highest BCUT2D eigenvalue weighted by Gasteiger charge is 2.22. The normalized spacial score (nSPS) is 13.7. The molecule has 0 aliphatic rings. The highest BCUT2D eigenvalue weighted by molar-refractivity contribution is 5.35. The second-order valence-electron chi connectivity index (χ2n) is 4.44. The van der Waals surface area contributed by atoms with E-state index in [1.54, 1.807) is 0 Å². The van der Waals surface area contributed by atoms with Crippen molar-refractivity contribution >= 4 is 0 Å². The summed E-state index contributed by atoms with van der Waals surface area (Å²) < 4.78 is 0. The molecule has 0 N–H and O–H groups in total. The smallest absolute Gasteiger partial charge is 0.00616 e. The Morgan fingerprint density at radius 1 is 0.923 bits per heavy atom. The lowest BCUT2D eigenvalue weighted by Crippen LogP contribution is -2.15. The van der Waals surface area contributed by atoms with E-state index in [4.69, 9.17) is 0 Å². The zero-order valence-electron chi connectivity index (χ0n) is 9.91. The largest absolute Gasteiger partial charge is 0.0993 e. The van der Waals surface area contributed by atoms with Gasteiger partial charge in [0.2, 0.25) is 0 Å². The third kappa shape index (κ3) is 2.58. The minimum atomic E-state index is 0.0863. The first kappa shape index (κ1) is 12.2. The molecular weight excluding hydrogens is 156 g/mol. The van der Waals surface area contributed by atoms with Gasteiger partial charge in [-0.25, -0.2) is 0 Å². The summed E-state index contributed by atoms with van der Waals surface area (Å²) in [5, 5.41) is 0. The molecule has 0 aromatic rings. The predicted molar refractivity (Wildman–Crippen MR) is 61.8 cm³/mol. The molecule has 0 aliphatic carbocycles. The Morgan fingerprint density at radius 3 is 1.54 bits per heavy atom. The van der Waals surface area contributed by atoms with Gasteiger partial charge in [0, 0.05) is 5.41 Å². The van der Waals surface area contributed by atoms with Crippen LogP contribution in [0.1, 0.15) is 41.5 Å². The van der Waals surface area contributed by atoms with Crippen LogP contribution in [0.2, 0.25) is 0 Å². The summed E-state index contributed by atoms with van der Waals surface area (Å²) in [6, 6.07) is 0. The summed E-state index contributed by atoms with van der Waals surface area (Å²) in [4.78, 5) is 0. The second-order valence-corrected chi connectivity index (χ2v) is 4.44. The Morgan fingerprint density at radius 2 is 1.31 bits per heavy atom. The van der Waals surface area contributed by atoms with Gasteiger partial charge in [-0.3, -0.25) is 0 Å². The molecule has 0 aliphatic heterocycles. The van der Waals surface area contributed by atoms with E-state index >= 15 is 0 Å². The molecule has 0 unspecified atom stereocenters. The van der Waals surface area contributed by atoms with Crippen molar-refractivity contribution < 1.29 is 0 Å². The lowest BCUT2D eigenvalue weighted by molar-refractivity contribution is 0.535. The fraction of sp³-hybridized carbons (Fsp3) is 0.538. The second kappa shape index (κ2) is 3.95. The van der Waals surface area contributed by atoms with Crippen LogP contribution in [0.25, 0.3) is 0 Å². The summed E-state index contributed by atoms with van der Waals surface area (Å²) in [5.74, 6) is 0. The average Bonchev–Trinajstić information content (AvgIpc) is 2.01. The van der Waals surface area contributed by atoms with Crippen LogP contribution in [-0.4, -0.2) is 0 Å². The zero-order chi connectivity index (χ0) is 10.8. The number of hydrogen-bond donors (Lipinski definition) is 0. The van der Waals surface area contributed by atoms with Crippen molar-refractivity contribution in [1.29, 1.82) is 0 Å². The SMILES string of the molecule is C=C(C)C(C)=C(C)C(C)(C)C(=C)C. The molecule has 0 saturated heterocycles. The maximum absolute atomic E-state index is 4.03. The molecule has 74 valence electrons. The van der Waals surface area contributed by atoms with Crippen molar-refractivity contribution in [3.05, 3.63) is 35.5 Å². The van der Waals surface area contributed by atoms with Gasteiger partial charge in [-0.1, -0.05) is 43.7 Å². The summed E-state index contributed by atoms with van der Waals surface area (Å²) in [6.45, 7) is 20.8. The molecule has 13 heavy (non-hydrogen) atoms. The van der Waals surface area contributed by atoms with Gasteiger partial charge >= 0.3 is 0 Å². The van der Waals surface area contributed by atoms with Gasteiger partial charge < -0.3 is 0 Å². The van der Waals surface area contributed by atoms with Crippen LogP contribution in [-0.2, 0) is 0 Å². The first-order chi connectivity index (χ1) is 5.71. The molecule has 0 heteroatoms. The number of hydrogen-bond acceptors (Lipinski definition) is 0. The van der Waals surface area contributed by atoms with Crippen molar-refractivity contribution in [3.8, 4) is 0 Å². The van der Waals surface area contributed by atoms with Crippen LogP contribution in [0.15, 0.2) is 35.5 Å². The Hall–Kier alpha value is -0.780. The molecule has 0 aromatic heterocycles. The van der Waals surface area contributed by atoms with Crippen LogP contribution in [0.4, 0.5) is 0 Å². The molecule has 0 aromatic carbocycles. The van der Waals surface area contributed by atoms with Crippen LogP contribution < -0.4 is 0 Å². The quantitative estimate of drug-likeness (QED) is 0.441. The molecule has 0 nitrogen and oxygen atoms in total. The van der Waals surface area contributed by atoms with E-state index in [2.05, 4.69) is 47.8 Å². The van der Waals surface area contributed by atoms with Crippen LogP contribution in [0.5, 0.6) is 0 Å². The molecular formula is C13H22. The molecule has 0 heterocycles. The lowest BCUT2D eigenvalue weighted by Gasteiger charge is -2.28. The van der Waals surface area contributed by atoms with E-state index in [0.29, 0.717) is 0 Å². The van der Waals surface area contributed by atoms with E-state index < -0.39 is 0 Å². The molecule has 0 amide bonds. The van der Waals surface area contributed by atoms with Gasteiger partial charge in [-0.05, 0) is 33.3 Å². The van der Waals surface area contributed by atoms with Crippen molar-refractivity contribution in [2.75, 3.05) is 0 Å². The third-order valence-corrected chi connectivity index (χ3v) is 3.21. The number of allylic oxidation sites excluding steroid dienone is 4. The van der Waals surface area contributed by atoms with Gasteiger partial charge in [0.1, 0.15) is 0 Å². The topological polar surface area (TPSA) is 0 Å². The van der Waals surface area contributed by atoms with Crippen LogP contribution in [0, 0.1) is 5.41 Å². The van der Waals surface area contributed by atoms with E-state index in [1.807, 2.05) is 6.92 Å². The maximum Gasteiger partial charge on any atom is 0.00616 e. The van der Waals surface area contributed by atoms with Gasteiger partial charge in [0.05, 0.1) is 0 Å². The van der Waals surface area contributed by atoms with Crippen molar-refractivity contribution in [2.45, 2.75) is 41.5 Å². The van der Waals surface area contributed by atoms with E-state index in [1.165, 1.54) is 16.7 Å². The fourth-order valence-electron chi connectivity index (χ4n) is 1.11. The van der Waals surface area contributed by atoms with Gasteiger partial charge in [-0.15, -0.1) is 0 Å². The first-order valence-corrected chi connectivity index (χ1v) is 4.71. The highest BCUT2D eigenvalue weighted by Crippen LogP contribution is 2.36. The maximum atomic E-state index is 4.03. The van der Waals surface area contributed by atoms with Gasteiger partial charge in [0.15, 0.2) is 0 Å². The summed E-state index contributed by atoms with van der Waals surface area (Å²) in [6.07, 6.45) is 0. The third-order valence-electron chi connectivity index (χ3n) is 3.21. The molecule has 0 rings (SSSR count). The highest BCUT2D eigenvalue weighted by atomic mass is 14.3. The molecule has 0 bridgehead atoms. The summed E-state index contributed by atoms with van der Waals surface area (Å²) >= 11 is 0. The van der Waals surface area contributed by atoms with Crippen LogP contribution >= 0.6 is 0 Å². The summed E-state index contributed by atoms with van der Waals surface area (Å²) in [5.41, 5.74) is 5.10. The number of rotatable bonds is 3. The molecule has 0 saturated carbocycles. The van der Waals surface area contributed by atoms with Gasteiger partial charge in [-0.2, -0.15) is 0 Å². The zero-order valence-corrected chi connectivity index (χ0v) is 9.91. The lowest BCUT2D eigenvalue weighted by atomic mass is 9.76. The van der Waals surface area contributed by atoms with Gasteiger partial charge in [0.25, 0.3) is 0 Å². The van der Waals surface area contributed by atoms with E-state index in [0.717, 1.165) is 5.57 Å². The van der Waals surface area contributed by atoms with Crippen LogP contribution in [0.3, 0.4) is 0 Å². The van der Waals surface area contributed by atoms with Crippen molar-refractivity contribution in [3.63, 3.8) is 0 Å². The predicted octanol–water partition coefficient (Wildman–Crippen LogP) is 4.50. The molecule has 0 fully saturated rings. The monoisotopic (exact) mass is 178 g/mol. The van der Waals surface area contributed by atoms with E-state index in [9.17, 15) is 0 Å². The minimum absolute atomic E-state index is 0.0863.